The molecule has 0 radical (unpaired) electrons. The van der Waals surface area contributed by atoms with Crippen LogP contribution in [0.3, 0.4) is 0 Å². The third kappa shape index (κ3) is 1.70. The number of thioether (sulfide) groups is 1. The van der Waals surface area contributed by atoms with E-state index in [1.54, 1.807) is 0 Å². The van der Waals surface area contributed by atoms with Crippen molar-refractivity contribution < 1.29 is 9.90 Å². The molecule has 1 aliphatic rings. The van der Waals surface area contributed by atoms with Crippen LogP contribution in [0, 0.1) is 0 Å². The summed E-state index contributed by atoms with van der Waals surface area (Å²) in [5.41, 5.74) is 0.851. The van der Waals surface area contributed by atoms with E-state index in [1.165, 1.54) is 0 Å². The molecule has 0 bridgehead atoms. The van der Waals surface area contributed by atoms with E-state index in [0.29, 0.717) is 11.4 Å². The molecule has 2 aromatic rings. The summed E-state index contributed by atoms with van der Waals surface area (Å²) in [6.07, 6.45) is 2.98. The van der Waals surface area contributed by atoms with Crippen LogP contribution in [0.1, 0.15) is 28.7 Å². The van der Waals surface area contributed by atoms with E-state index in [-0.39, 0.29) is 5.69 Å². The number of rotatable bonds is 2. The zero-order chi connectivity index (χ0) is 11.8. The lowest BCUT2D eigenvalue weighted by Crippen LogP contribution is -2.03. The molecule has 1 unspecified atom stereocenters. The molecule has 0 aromatic carbocycles. The fourth-order valence-electron chi connectivity index (χ4n) is 2.25. The number of carbonyl (C=O) groups is 1. The molecular formula is C12H12N2O2S. The van der Waals surface area contributed by atoms with Gasteiger partial charge in [0.1, 0.15) is 5.82 Å². The van der Waals surface area contributed by atoms with Crippen molar-refractivity contribution in [3.05, 3.63) is 35.9 Å². The number of carboxylic acids is 1. The molecule has 88 valence electrons. The maximum absolute atomic E-state index is 11.2. The van der Waals surface area contributed by atoms with Gasteiger partial charge >= 0.3 is 5.97 Å². The molecule has 1 fully saturated rings. The highest BCUT2D eigenvalue weighted by atomic mass is 32.2. The van der Waals surface area contributed by atoms with Gasteiger partial charge in [-0.3, -0.25) is 0 Å². The van der Waals surface area contributed by atoms with Crippen molar-refractivity contribution in [2.75, 3.05) is 11.5 Å². The van der Waals surface area contributed by atoms with Gasteiger partial charge in [-0.2, -0.15) is 11.8 Å². The zero-order valence-electron chi connectivity index (χ0n) is 9.17. The molecular weight excluding hydrogens is 236 g/mol. The summed E-state index contributed by atoms with van der Waals surface area (Å²) in [6.45, 7) is 0. The maximum atomic E-state index is 11.2. The Bertz CT molecular complexity index is 573. The summed E-state index contributed by atoms with van der Waals surface area (Å²) < 4.78 is 1.92. The van der Waals surface area contributed by atoms with Crippen molar-refractivity contribution in [3.63, 3.8) is 0 Å². The van der Waals surface area contributed by atoms with Gasteiger partial charge in [0.05, 0.1) is 5.52 Å². The third-order valence-electron chi connectivity index (χ3n) is 3.07. The standard InChI is InChI=1S/C12H12N2O2S/c15-12(16)10-9-3-1-2-5-14(9)11(13-10)8-4-6-17-7-8/h1-3,5,8H,4,6-7H2,(H,15,16). The molecule has 3 rings (SSSR count). The van der Waals surface area contributed by atoms with Gasteiger partial charge in [-0.1, -0.05) is 6.07 Å². The highest BCUT2D eigenvalue weighted by Crippen LogP contribution is 2.32. The first-order valence-electron chi connectivity index (χ1n) is 5.55. The van der Waals surface area contributed by atoms with Crippen molar-refractivity contribution in [1.29, 1.82) is 0 Å². The quantitative estimate of drug-likeness (QED) is 0.885. The summed E-state index contributed by atoms with van der Waals surface area (Å²) in [7, 11) is 0. The first kappa shape index (κ1) is 10.7. The van der Waals surface area contributed by atoms with E-state index in [0.717, 1.165) is 23.8 Å². The Morgan fingerprint density at radius 2 is 2.41 bits per heavy atom. The van der Waals surface area contributed by atoms with Gasteiger partial charge in [0.25, 0.3) is 0 Å². The summed E-state index contributed by atoms with van der Waals surface area (Å²) in [5.74, 6) is 2.48. The summed E-state index contributed by atoms with van der Waals surface area (Å²) in [6, 6.07) is 5.56. The van der Waals surface area contributed by atoms with Gasteiger partial charge in [0.2, 0.25) is 0 Å². The monoisotopic (exact) mass is 248 g/mol. The number of fused-ring (bicyclic) bond motifs is 1. The smallest absolute Gasteiger partial charge is 0.356 e. The fraction of sp³-hybridized carbons (Fsp3) is 0.333. The van der Waals surface area contributed by atoms with E-state index in [9.17, 15) is 4.79 Å². The summed E-state index contributed by atoms with van der Waals surface area (Å²) in [4.78, 5) is 15.5. The van der Waals surface area contributed by atoms with Crippen LogP contribution >= 0.6 is 11.8 Å². The van der Waals surface area contributed by atoms with Crippen molar-refractivity contribution in [3.8, 4) is 0 Å². The van der Waals surface area contributed by atoms with Crippen molar-refractivity contribution >= 4 is 23.2 Å². The van der Waals surface area contributed by atoms with E-state index in [1.807, 2.05) is 40.6 Å². The summed E-state index contributed by atoms with van der Waals surface area (Å²) in [5, 5.41) is 9.16. The molecule has 1 atom stereocenters. The average Bonchev–Trinajstić information content (AvgIpc) is 2.95. The Balaban J connectivity index is 2.20. The Morgan fingerprint density at radius 3 is 3.12 bits per heavy atom. The van der Waals surface area contributed by atoms with Gasteiger partial charge in [-0.05, 0) is 24.3 Å². The number of pyridine rings is 1. The van der Waals surface area contributed by atoms with Crippen molar-refractivity contribution in [2.24, 2.45) is 0 Å². The molecule has 1 saturated heterocycles. The van der Waals surface area contributed by atoms with Gasteiger partial charge in [-0.25, -0.2) is 9.78 Å². The predicted octanol–water partition coefficient (Wildman–Crippen LogP) is 2.25. The zero-order valence-corrected chi connectivity index (χ0v) is 9.98. The molecule has 2 aromatic heterocycles. The number of aromatic nitrogens is 2. The minimum atomic E-state index is -0.953. The van der Waals surface area contributed by atoms with Crippen LogP contribution in [0.4, 0.5) is 0 Å². The number of imidazole rings is 1. The second-order valence-electron chi connectivity index (χ2n) is 4.14. The van der Waals surface area contributed by atoms with Gasteiger partial charge in [0, 0.05) is 17.9 Å². The Kier molecular flexibility index (Phi) is 2.55. The van der Waals surface area contributed by atoms with Crippen LogP contribution < -0.4 is 0 Å². The predicted molar refractivity (Wildman–Crippen MR) is 66.8 cm³/mol. The highest BCUT2D eigenvalue weighted by Gasteiger charge is 2.25. The summed E-state index contributed by atoms with van der Waals surface area (Å²) >= 11 is 1.90. The molecule has 17 heavy (non-hydrogen) atoms. The minimum absolute atomic E-state index is 0.164. The van der Waals surface area contributed by atoms with Crippen LogP contribution in [-0.2, 0) is 0 Å². The fourth-order valence-corrected chi connectivity index (χ4v) is 3.46. The average molecular weight is 248 g/mol. The van der Waals surface area contributed by atoms with E-state index < -0.39 is 5.97 Å². The largest absolute Gasteiger partial charge is 0.476 e. The third-order valence-corrected chi connectivity index (χ3v) is 4.24. The Hall–Kier alpha value is -1.49. The van der Waals surface area contributed by atoms with Crippen molar-refractivity contribution in [2.45, 2.75) is 12.3 Å². The molecule has 0 spiro atoms. The molecule has 5 heteroatoms. The van der Waals surface area contributed by atoms with Crippen LogP contribution in [0.25, 0.3) is 5.52 Å². The van der Waals surface area contributed by atoms with E-state index >= 15 is 0 Å². The van der Waals surface area contributed by atoms with Gasteiger partial charge in [-0.15, -0.1) is 0 Å². The Labute approximate surface area is 103 Å². The number of hydrogen-bond donors (Lipinski definition) is 1. The number of aromatic carboxylic acids is 1. The highest BCUT2D eigenvalue weighted by molar-refractivity contribution is 7.99. The first-order valence-corrected chi connectivity index (χ1v) is 6.71. The number of hydrogen-bond acceptors (Lipinski definition) is 3. The molecule has 4 nitrogen and oxygen atoms in total. The van der Waals surface area contributed by atoms with Crippen LogP contribution in [-0.4, -0.2) is 32.0 Å². The maximum Gasteiger partial charge on any atom is 0.356 e. The normalized spacial score (nSPS) is 19.9. The first-order chi connectivity index (χ1) is 8.27. The lowest BCUT2D eigenvalue weighted by molar-refractivity contribution is 0.0693. The second-order valence-corrected chi connectivity index (χ2v) is 5.29. The SMILES string of the molecule is O=C(O)c1nc(C2CCSC2)n2ccccc12. The van der Waals surface area contributed by atoms with Crippen LogP contribution in [0.5, 0.6) is 0 Å². The van der Waals surface area contributed by atoms with E-state index in [4.69, 9.17) is 5.11 Å². The molecule has 0 aliphatic carbocycles. The molecule has 1 aliphatic heterocycles. The van der Waals surface area contributed by atoms with E-state index in [2.05, 4.69) is 4.98 Å². The second kappa shape index (κ2) is 4.07. The van der Waals surface area contributed by atoms with Crippen LogP contribution in [0.15, 0.2) is 24.4 Å². The molecule has 0 amide bonds. The molecule has 1 N–H and O–H groups in total. The van der Waals surface area contributed by atoms with Gasteiger partial charge in [0.15, 0.2) is 5.69 Å². The Morgan fingerprint density at radius 1 is 1.53 bits per heavy atom. The lowest BCUT2D eigenvalue weighted by Gasteiger charge is -2.06. The van der Waals surface area contributed by atoms with Crippen LogP contribution in [0.2, 0.25) is 0 Å². The minimum Gasteiger partial charge on any atom is -0.476 e. The van der Waals surface area contributed by atoms with Crippen molar-refractivity contribution in [1.82, 2.24) is 9.38 Å². The number of carboxylic acid groups (broad SMARTS) is 1. The number of nitrogens with zero attached hydrogens (tertiary/aromatic N) is 2. The molecule has 3 heterocycles. The lowest BCUT2D eigenvalue weighted by atomic mass is 10.1. The molecule has 0 saturated carbocycles. The topological polar surface area (TPSA) is 54.6 Å². The van der Waals surface area contributed by atoms with Gasteiger partial charge < -0.3 is 9.51 Å².